The summed E-state index contributed by atoms with van der Waals surface area (Å²) in [7, 11) is 0. The molecule has 0 spiro atoms. The third kappa shape index (κ3) is 6.58. The van der Waals surface area contributed by atoms with E-state index in [9.17, 15) is 14.4 Å². The summed E-state index contributed by atoms with van der Waals surface area (Å²) >= 11 is 0. The molecule has 0 aliphatic rings. The molecule has 2 aromatic heterocycles. The SMILES string of the molecule is O=C(CCCCC[C@H](NC(=O)c1ccccn1)C(=O)Nc1ccc2ncccc2c1)NO. The molecule has 9 nitrogen and oxygen atoms in total. The van der Waals surface area contributed by atoms with Gasteiger partial charge < -0.3 is 10.6 Å². The normalized spacial score (nSPS) is 11.5. The van der Waals surface area contributed by atoms with Gasteiger partial charge >= 0.3 is 0 Å². The minimum absolute atomic E-state index is 0.193. The van der Waals surface area contributed by atoms with Gasteiger partial charge in [0, 0.05) is 29.9 Å². The lowest BCUT2D eigenvalue weighted by molar-refractivity contribution is -0.129. The molecule has 0 aliphatic heterocycles. The number of amides is 3. The summed E-state index contributed by atoms with van der Waals surface area (Å²) in [6.07, 6.45) is 5.64. The number of aromatic nitrogens is 2. The van der Waals surface area contributed by atoms with Crippen molar-refractivity contribution < 1.29 is 19.6 Å². The summed E-state index contributed by atoms with van der Waals surface area (Å²) in [6, 6.07) is 13.3. The molecule has 32 heavy (non-hydrogen) atoms. The Labute approximate surface area is 185 Å². The first-order valence-electron chi connectivity index (χ1n) is 10.4. The van der Waals surface area contributed by atoms with E-state index in [1.165, 1.54) is 6.20 Å². The van der Waals surface area contributed by atoms with Gasteiger partial charge in [-0.3, -0.25) is 29.6 Å². The number of hydrogen-bond donors (Lipinski definition) is 4. The summed E-state index contributed by atoms with van der Waals surface area (Å²) in [4.78, 5) is 45.0. The molecule has 2 heterocycles. The van der Waals surface area contributed by atoms with E-state index < -0.39 is 17.9 Å². The standard InChI is InChI=1S/C23H25N5O4/c29-21(28-32)10-3-1-2-9-20(27-22(30)19-8-4-5-13-25-19)23(31)26-17-11-12-18-16(15-17)7-6-14-24-18/h4-8,11-15,20,32H,1-3,9-10H2,(H,26,31)(H,27,30)(H,28,29)/t20-/m0/s1. The molecule has 1 aromatic carbocycles. The van der Waals surface area contributed by atoms with E-state index in [1.807, 2.05) is 24.3 Å². The van der Waals surface area contributed by atoms with Crippen LogP contribution in [0.1, 0.15) is 42.6 Å². The highest BCUT2D eigenvalue weighted by Gasteiger charge is 2.22. The Hall–Kier alpha value is -3.85. The molecule has 1 atom stereocenters. The monoisotopic (exact) mass is 435 g/mol. The van der Waals surface area contributed by atoms with Gasteiger partial charge in [0.05, 0.1) is 5.52 Å². The highest BCUT2D eigenvalue weighted by atomic mass is 16.5. The number of unbranched alkanes of at least 4 members (excludes halogenated alkanes) is 2. The smallest absolute Gasteiger partial charge is 0.270 e. The van der Waals surface area contributed by atoms with Crippen molar-refractivity contribution in [2.24, 2.45) is 0 Å². The van der Waals surface area contributed by atoms with Crippen LogP contribution in [0.3, 0.4) is 0 Å². The molecule has 3 aromatic rings. The number of nitrogens with one attached hydrogen (secondary N) is 3. The number of rotatable bonds is 10. The van der Waals surface area contributed by atoms with Crippen LogP contribution >= 0.6 is 0 Å². The Morgan fingerprint density at radius 3 is 2.56 bits per heavy atom. The average molecular weight is 435 g/mol. The van der Waals surface area contributed by atoms with Crippen LogP contribution in [0.2, 0.25) is 0 Å². The van der Waals surface area contributed by atoms with Gasteiger partial charge in [-0.25, -0.2) is 5.48 Å². The summed E-state index contributed by atoms with van der Waals surface area (Å²) in [6.45, 7) is 0. The zero-order valence-corrected chi connectivity index (χ0v) is 17.5. The van der Waals surface area contributed by atoms with Gasteiger partial charge in [0.2, 0.25) is 11.8 Å². The van der Waals surface area contributed by atoms with E-state index in [1.54, 1.807) is 35.9 Å². The van der Waals surface area contributed by atoms with Gasteiger partial charge in [-0.05, 0) is 49.2 Å². The Morgan fingerprint density at radius 2 is 1.78 bits per heavy atom. The van der Waals surface area contributed by atoms with Crippen LogP contribution in [-0.2, 0) is 9.59 Å². The number of carbonyl (C=O) groups is 3. The molecule has 9 heteroatoms. The molecular formula is C23H25N5O4. The Balaban J connectivity index is 1.65. The van der Waals surface area contributed by atoms with E-state index in [4.69, 9.17) is 5.21 Å². The van der Waals surface area contributed by atoms with Crippen molar-refractivity contribution in [3.63, 3.8) is 0 Å². The average Bonchev–Trinajstić information content (AvgIpc) is 2.83. The summed E-state index contributed by atoms with van der Waals surface area (Å²) in [5, 5.41) is 15.1. The second-order valence-corrected chi connectivity index (χ2v) is 7.28. The van der Waals surface area contributed by atoms with Gasteiger partial charge in [0.25, 0.3) is 5.91 Å². The lowest BCUT2D eigenvalue weighted by atomic mass is 10.1. The maximum absolute atomic E-state index is 13.0. The minimum Gasteiger partial charge on any atom is -0.339 e. The molecule has 3 amide bonds. The van der Waals surface area contributed by atoms with Gasteiger partial charge in [0.1, 0.15) is 11.7 Å². The number of nitrogens with zero attached hydrogens (tertiary/aromatic N) is 2. The molecule has 0 saturated carbocycles. The van der Waals surface area contributed by atoms with Crippen LogP contribution in [0.25, 0.3) is 10.9 Å². The quantitative estimate of drug-likeness (QED) is 0.220. The van der Waals surface area contributed by atoms with Crippen LogP contribution in [-0.4, -0.2) is 38.9 Å². The molecule has 166 valence electrons. The van der Waals surface area contributed by atoms with Gasteiger partial charge in [0.15, 0.2) is 0 Å². The predicted octanol–water partition coefficient (Wildman–Crippen LogP) is 2.82. The molecule has 0 unspecified atom stereocenters. The highest BCUT2D eigenvalue weighted by Crippen LogP contribution is 2.18. The Bertz CT molecular complexity index is 1070. The number of hydrogen-bond acceptors (Lipinski definition) is 6. The molecular weight excluding hydrogens is 410 g/mol. The largest absolute Gasteiger partial charge is 0.339 e. The number of benzene rings is 1. The third-order valence-corrected chi connectivity index (χ3v) is 4.91. The van der Waals surface area contributed by atoms with Crippen LogP contribution in [0.5, 0.6) is 0 Å². The first-order valence-corrected chi connectivity index (χ1v) is 10.4. The predicted molar refractivity (Wildman–Crippen MR) is 119 cm³/mol. The Kier molecular flexibility index (Phi) is 8.22. The number of fused-ring (bicyclic) bond motifs is 1. The fraction of sp³-hybridized carbons (Fsp3) is 0.261. The number of anilines is 1. The maximum atomic E-state index is 13.0. The topological polar surface area (TPSA) is 133 Å². The number of hydroxylamine groups is 1. The molecule has 0 radical (unpaired) electrons. The summed E-state index contributed by atoms with van der Waals surface area (Å²) < 4.78 is 0. The van der Waals surface area contributed by atoms with Crippen molar-refractivity contribution in [1.29, 1.82) is 0 Å². The van der Waals surface area contributed by atoms with Gasteiger partial charge in [-0.15, -0.1) is 0 Å². The zero-order chi connectivity index (χ0) is 22.8. The summed E-state index contributed by atoms with van der Waals surface area (Å²) in [5.74, 6) is -1.23. The van der Waals surface area contributed by atoms with E-state index in [-0.39, 0.29) is 18.0 Å². The summed E-state index contributed by atoms with van der Waals surface area (Å²) in [5.41, 5.74) is 3.24. The highest BCUT2D eigenvalue weighted by molar-refractivity contribution is 6.01. The first-order chi connectivity index (χ1) is 15.6. The van der Waals surface area contributed by atoms with E-state index in [0.717, 1.165) is 10.9 Å². The molecule has 0 aliphatic carbocycles. The van der Waals surface area contributed by atoms with E-state index in [0.29, 0.717) is 31.4 Å². The number of carbonyl (C=O) groups excluding carboxylic acids is 3. The number of pyridine rings is 2. The van der Waals surface area contributed by atoms with Crippen molar-refractivity contribution in [1.82, 2.24) is 20.8 Å². The molecule has 0 fully saturated rings. The van der Waals surface area contributed by atoms with Crippen LogP contribution in [0.4, 0.5) is 5.69 Å². The van der Waals surface area contributed by atoms with Crippen molar-refractivity contribution in [2.75, 3.05) is 5.32 Å². The fourth-order valence-electron chi connectivity index (χ4n) is 3.25. The third-order valence-electron chi connectivity index (χ3n) is 4.91. The second-order valence-electron chi connectivity index (χ2n) is 7.28. The van der Waals surface area contributed by atoms with Crippen LogP contribution in [0.15, 0.2) is 60.9 Å². The van der Waals surface area contributed by atoms with E-state index >= 15 is 0 Å². The lowest BCUT2D eigenvalue weighted by Gasteiger charge is -2.18. The molecule has 3 rings (SSSR count). The minimum atomic E-state index is -0.777. The van der Waals surface area contributed by atoms with Gasteiger partial charge in [-0.2, -0.15) is 0 Å². The van der Waals surface area contributed by atoms with Crippen LogP contribution < -0.4 is 16.1 Å². The van der Waals surface area contributed by atoms with Crippen molar-refractivity contribution in [3.8, 4) is 0 Å². The zero-order valence-electron chi connectivity index (χ0n) is 17.5. The Morgan fingerprint density at radius 1 is 0.938 bits per heavy atom. The van der Waals surface area contributed by atoms with Crippen LogP contribution in [0, 0.1) is 0 Å². The van der Waals surface area contributed by atoms with E-state index in [2.05, 4.69) is 20.6 Å². The fourth-order valence-corrected chi connectivity index (χ4v) is 3.25. The first kappa shape index (κ1) is 22.8. The maximum Gasteiger partial charge on any atom is 0.270 e. The molecule has 4 N–H and O–H groups in total. The molecule has 0 saturated heterocycles. The van der Waals surface area contributed by atoms with Crippen molar-refractivity contribution in [2.45, 2.75) is 38.1 Å². The van der Waals surface area contributed by atoms with Gasteiger partial charge in [-0.1, -0.05) is 25.0 Å². The molecule has 0 bridgehead atoms. The van der Waals surface area contributed by atoms with Crippen molar-refractivity contribution >= 4 is 34.3 Å². The lowest BCUT2D eigenvalue weighted by Crippen LogP contribution is -2.44. The van der Waals surface area contributed by atoms with Crippen molar-refractivity contribution in [3.05, 3.63) is 66.6 Å². The second kappa shape index (κ2) is 11.5.